The Kier molecular flexibility index (Phi) is 5.33. The first-order valence-corrected chi connectivity index (χ1v) is 7.48. The van der Waals surface area contributed by atoms with Crippen LogP contribution in [0.1, 0.15) is 17.3 Å². The predicted molar refractivity (Wildman–Crippen MR) is 88.5 cm³/mol. The van der Waals surface area contributed by atoms with Gasteiger partial charge in [-0.1, -0.05) is 15.9 Å². The predicted octanol–water partition coefficient (Wildman–Crippen LogP) is 3.35. The summed E-state index contributed by atoms with van der Waals surface area (Å²) in [6.45, 7) is 1.44. The number of benzene rings is 2. The SMILES string of the molecule is C[C@@H](OC(=O)c1cc(Br)ccc1N)C(=O)Nc1ccc(F)cc1. The van der Waals surface area contributed by atoms with Gasteiger partial charge >= 0.3 is 5.97 Å². The molecule has 2 aromatic rings. The number of rotatable bonds is 4. The van der Waals surface area contributed by atoms with Gasteiger partial charge in [-0.25, -0.2) is 9.18 Å². The molecule has 0 unspecified atom stereocenters. The average molecular weight is 381 g/mol. The number of ether oxygens (including phenoxy) is 1. The summed E-state index contributed by atoms with van der Waals surface area (Å²) in [6.07, 6.45) is -1.04. The molecule has 2 aromatic carbocycles. The van der Waals surface area contributed by atoms with Crippen molar-refractivity contribution in [2.75, 3.05) is 11.1 Å². The molecular formula is C16H14BrFN2O3. The number of amides is 1. The standard InChI is InChI=1S/C16H14BrFN2O3/c1-9(15(21)20-12-5-3-11(18)4-6-12)23-16(22)13-8-10(17)2-7-14(13)19/h2-9H,19H2,1H3,(H,20,21)/t9-/m1/s1. The Bertz CT molecular complexity index is 735. The van der Waals surface area contributed by atoms with E-state index in [1.165, 1.54) is 37.3 Å². The zero-order valence-corrected chi connectivity index (χ0v) is 13.8. The number of nitrogens with two attached hydrogens (primary N) is 1. The zero-order chi connectivity index (χ0) is 17.0. The Balaban J connectivity index is 2.01. The van der Waals surface area contributed by atoms with Gasteiger partial charge in [-0.2, -0.15) is 0 Å². The fourth-order valence-corrected chi connectivity index (χ4v) is 2.12. The molecule has 0 aliphatic carbocycles. The summed E-state index contributed by atoms with van der Waals surface area (Å²) in [5.41, 5.74) is 6.55. The van der Waals surface area contributed by atoms with E-state index in [0.29, 0.717) is 10.2 Å². The third-order valence-electron chi connectivity index (χ3n) is 3.00. The van der Waals surface area contributed by atoms with Crippen molar-refractivity contribution in [2.24, 2.45) is 0 Å². The van der Waals surface area contributed by atoms with Crippen LogP contribution in [0.15, 0.2) is 46.9 Å². The van der Waals surface area contributed by atoms with E-state index in [9.17, 15) is 14.0 Å². The van der Waals surface area contributed by atoms with Crippen LogP contribution in [0.3, 0.4) is 0 Å². The molecule has 0 heterocycles. The number of carbonyl (C=O) groups is 2. The highest BCUT2D eigenvalue weighted by atomic mass is 79.9. The smallest absolute Gasteiger partial charge is 0.341 e. The number of hydrogen-bond acceptors (Lipinski definition) is 4. The molecule has 0 aromatic heterocycles. The molecule has 3 N–H and O–H groups in total. The molecule has 0 bridgehead atoms. The van der Waals surface area contributed by atoms with Gasteiger partial charge < -0.3 is 15.8 Å². The fraction of sp³-hybridized carbons (Fsp3) is 0.125. The summed E-state index contributed by atoms with van der Waals surface area (Å²) in [5.74, 6) is -1.64. The van der Waals surface area contributed by atoms with E-state index in [1.54, 1.807) is 12.1 Å². The van der Waals surface area contributed by atoms with E-state index in [0.717, 1.165) is 0 Å². The van der Waals surface area contributed by atoms with Crippen LogP contribution >= 0.6 is 15.9 Å². The molecule has 23 heavy (non-hydrogen) atoms. The van der Waals surface area contributed by atoms with Gasteiger partial charge in [0.2, 0.25) is 0 Å². The van der Waals surface area contributed by atoms with Gasteiger partial charge in [0.25, 0.3) is 5.91 Å². The van der Waals surface area contributed by atoms with E-state index in [1.807, 2.05) is 0 Å². The summed E-state index contributed by atoms with van der Waals surface area (Å²) in [6, 6.07) is 10.0. The number of carbonyl (C=O) groups excluding carboxylic acids is 2. The van der Waals surface area contributed by atoms with E-state index >= 15 is 0 Å². The summed E-state index contributed by atoms with van der Waals surface area (Å²) >= 11 is 3.24. The van der Waals surface area contributed by atoms with Crippen molar-refractivity contribution < 1.29 is 18.7 Å². The van der Waals surface area contributed by atoms with Crippen molar-refractivity contribution in [3.8, 4) is 0 Å². The van der Waals surface area contributed by atoms with E-state index in [4.69, 9.17) is 10.5 Å². The van der Waals surface area contributed by atoms with Crippen LogP contribution in [0.5, 0.6) is 0 Å². The molecule has 0 saturated heterocycles. The number of nitrogen functional groups attached to an aromatic ring is 1. The molecule has 2 rings (SSSR count). The quantitative estimate of drug-likeness (QED) is 0.629. The van der Waals surface area contributed by atoms with Crippen molar-refractivity contribution in [1.82, 2.24) is 0 Å². The lowest BCUT2D eigenvalue weighted by molar-refractivity contribution is -0.123. The normalized spacial score (nSPS) is 11.6. The minimum Gasteiger partial charge on any atom is -0.449 e. The maximum atomic E-state index is 12.8. The van der Waals surface area contributed by atoms with Gasteiger partial charge in [-0.3, -0.25) is 4.79 Å². The summed E-state index contributed by atoms with van der Waals surface area (Å²) in [4.78, 5) is 24.1. The van der Waals surface area contributed by atoms with E-state index in [-0.39, 0.29) is 11.3 Å². The van der Waals surface area contributed by atoms with Crippen LogP contribution in [0.4, 0.5) is 15.8 Å². The largest absolute Gasteiger partial charge is 0.449 e. The molecule has 0 aliphatic rings. The van der Waals surface area contributed by atoms with Gasteiger partial charge in [0.1, 0.15) is 5.82 Å². The molecule has 5 nitrogen and oxygen atoms in total. The maximum Gasteiger partial charge on any atom is 0.341 e. The van der Waals surface area contributed by atoms with Crippen LogP contribution in [-0.4, -0.2) is 18.0 Å². The molecule has 120 valence electrons. The van der Waals surface area contributed by atoms with E-state index < -0.39 is 23.8 Å². The number of esters is 1. The first-order chi connectivity index (χ1) is 10.9. The van der Waals surface area contributed by atoms with Crippen molar-refractivity contribution in [1.29, 1.82) is 0 Å². The minimum atomic E-state index is -1.04. The van der Waals surface area contributed by atoms with Crippen LogP contribution in [0, 0.1) is 5.82 Å². The fourth-order valence-electron chi connectivity index (χ4n) is 1.76. The Morgan fingerprint density at radius 3 is 2.52 bits per heavy atom. The van der Waals surface area contributed by atoms with Crippen LogP contribution in [-0.2, 0) is 9.53 Å². The van der Waals surface area contributed by atoms with Crippen LogP contribution in [0.25, 0.3) is 0 Å². The van der Waals surface area contributed by atoms with Crippen molar-refractivity contribution in [3.63, 3.8) is 0 Å². The second kappa shape index (κ2) is 7.23. The van der Waals surface area contributed by atoms with Crippen molar-refractivity contribution in [3.05, 3.63) is 58.3 Å². The van der Waals surface area contributed by atoms with Crippen molar-refractivity contribution >= 4 is 39.2 Å². The number of hydrogen-bond donors (Lipinski definition) is 2. The highest BCUT2D eigenvalue weighted by Gasteiger charge is 2.20. The molecule has 7 heteroatoms. The van der Waals surface area contributed by atoms with Gasteiger partial charge in [0.15, 0.2) is 6.10 Å². The van der Waals surface area contributed by atoms with Crippen LogP contribution in [0.2, 0.25) is 0 Å². The second-order valence-electron chi connectivity index (χ2n) is 4.78. The molecule has 1 amide bonds. The lowest BCUT2D eigenvalue weighted by Gasteiger charge is -2.14. The van der Waals surface area contributed by atoms with Gasteiger partial charge in [-0.15, -0.1) is 0 Å². The molecule has 0 saturated carbocycles. The van der Waals surface area contributed by atoms with E-state index in [2.05, 4.69) is 21.2 Å². The number of anilines is 2. The highest BCUT2D eigenvalue weighted by Crippen LogP contribution is 2.20. The molecule has 0 spiro atoms. The first-order valence-electron chi connectivity index (χ1n) is 6.69. The third-order valence-corrected chi connectivity index (χ3v) is 3.49. The van der Waals surface area contributed by atoms with Gasteiger partial charge in [0.05, 0.1) is 5.56 Å². The summed E-state index contributed by atoms with van der Waals surface area (Å²) in [5, 5.41) is 2.53. The lowest BCUT2D eigenvalue weighted by atomic mass is 10.2. The Morgan fingerprint density at radius 1 is 1.22 bits per heavy atom. The maximum absolute atomic E-state index is 12.8. The number of halogens is 2. The number of nitrogens with one attached hydrogen (secondary N) is 1. The zero-order valence-electron chi connectivity index (χ0n) is 12.2. The van der Waals surface area contributed by atoms with Gasteiger partial charge in [-0.05, 0) is 49.4 Å². The highest BCUT2D eigenvalue weighted by molar-refractivity contribution is 9.10. The van der Waals surface area contributed by atoms with Gasteiger partial charge in [0, 0.05) is 15.8 Å². The Morgan fingerprint density at radius 2 is 1.87 bits per heavy atom. The Hall–Kier alpha value is -2.41. The second-order valence-corrected chi connectivity index (χ2v) is 5.69. The molecule has 0 aliphatic heterocycles. The first kappa shape index (κ1) is 17.0. The molecule has 0 fully saturated rings. The molecule has 1 atom stereocenters. The summed E-state index contributed by atoms with van der Waals surface area (Å²) in [7, 11) is 0. The molecule has 0 radical (unpaired) electrons. The molecular weight excluding hydrogens is 367 g/mol. The summed E-state index contributed by atoms with van der Waals surface area (Å²) < 4.78 is 18.6. The third kappa shape index (κ3) is 4.53. The Labute approximate surface area is 140 Å². The average Bonchev–Trinajstić information content (AvgIpc) is 2.51. The topological polar surface area (TPSA) is 81.4 Å². The van der Waals surface area contributed by atoms with Crippen LogP contribution < -0.4 is 11.1 Å². The lowest BCUT2D eigenvalue weighted by Crippen LogP contribution is -2.30. The monoisotopic (exact) mass is 380 g/mol. The minimum absolute atomic E-state index is 0.167. The van der Waals surface area contributed by atoms with Crippen molar-refractivity contribution in [2.45, 2.75) is 13.0 Å².